The molecular formula is C16H23N3. The Hall–Kier alpha value is -1.32. The van der Waals surface area contributed by atoms with Crippen molar-refractivity contribution in [2.45, 2.75) is 38.4 Å². The van der Waals surface area contributed by atoms with Gasteiger partial charge in [-0.25, -0.2) is 0 Å². The fourth-order valence-electron chi connectivity index (χ4n) is 3.26. The molecule has 3 rings (SSSR count). The maximum absolute atomic E-state index is 6.04. The number of rotatable bonds is 2. The second kappa shape index (κ2) is 4.99. The van der Waals surface area contributed by atoms with Crippen LogP contribution in [0.5, 0.6) is 0 Å². The van der Waals surface area contributed by atoms with Gasteiger partial charge < -0.3 is 10.3 Å². The first-order chi connectivity index (χ1) is 9.15. The maximum Gasteiger partial charge on any atom is 0.0481 e. The number of nitrogens with two attached hydrogens (primary N) is 1. The third-order valence-corrected chi connectivity index (χ3v) is 4.41. The molecule has 19 heavy (non-hydrogen) atoms. The Morgan fingerprint density at radius 2 is 2.11 bits per heavy atom. The quantitative estimate of drug-likeness (QED) is 0.897. The normalized spacial score (nSPS) is 25.0. The van der Waals surface area contributed by atoms with E-state index in [1.165, 1.54) is 16.5 Å². The topological polar surface area (TPSA) is 34.2 Å². The standard InChI is InChI=1S/C16H23N3/c1-12-9-14(17)7-8-19(12)11-13-10-18(2)16-6-4-3-5-15(13)16/h3-6,10,12,14H,7-9,11,17H2,1-2H3. The second-order valence-corrected chi connectivity index (χ2v) is 5.89. The number of fused-ring (bicyclic) bond motifs is 1. The molecule has 0 bridgehead atoms. The Kier molecular flexibility index (Phi) is 3.33. The van der Waals surface area contributed by atoms with Crippen LogP contribution in [0.4, 0.5) is 0 Å². The van der Waals surface area contributed by atoms with E-state index in [4.69, 9.17) is 5.73 Å². The van der Waals surface area contributed by atoms with E-state index >= 15 is 0 Å². The van der Waals surface area contributed by atoms with Gasteiger partial charge >= 0.3 is 0 Å². The SMILES string of the molecule is CC1CC(N)CCN1Cc1cn(C)c2ccccc12. The lowest BCUT2D eigenvalue weighted by molar-refractivity contribution is 0.140. The lowest BCUT2D eigenvalue weighted by Crippen LogP contribution is -2.44. The maximum atomic E-state index is 6.04. The van der Waals surface area contributed by atoms with Gasteiger partial charge in [0.15, 0.2) is 0 Å². The summed E-state index contributed by atoms with van der Waals surface area (Å²) in [6.07, 6.45) is 4.51. The van der Waals surface area contributed by atoms with E-state index in [0.29, 0.717) is 12.1 Å². The summed E-state index contributed by atoms with van der Waals surface area (Å²) in [5.74, 6) is 0. The van der Waals surface area contributed by atoms with E-state index in [9.17, 15) is 0 Å². The van der Waals surface area contributed by atoms with Gasteiger partial charge in [0.1, 0.15) is 0 Å². The third-order valence-electron chi connectivity index (χ3n) is 4.41. The van der Waals surface area contributed by atoms with Crippen molar-refractivity contribution < 1.29 is 0 Å². The zero-order chi connectivity index (χ0) is 13.4. The van der Waals surface area contributed by atoms with Crippen LogP contribution in [-0.2, 0) is 13.6 Å². The molecule has 1 aliphatic rings. The van der Waals surface area contributed by atoms with E-state index in [1.807, 2.05) is 0 Å². The van der Waals surface area contributed by atoms with E-state index in [-0.39, 0.29) is 0 Å². The molecule has 1 aliphatic heterocycles. The van der Waals surface area contributed by atoms with Gasteiger partial charge in [-0.1, -0.05) is 18.2 Å². The van der Waals surface area contributed by atoms with Gasteiger partial charge in [0.25, 0.3) is 0 Å². The molecule has 1 saturated heterocycles. The summed E-state index contributed by atoms with van der Waals surface area (Å²) in [5, 5.41) is 1.38. The van der Waals surface area contributed by atoms with Crippen molar-refractivity contribution in [1.29, 1.82) is 0 Å². The molecule has 2 atom stereocenters. The molecule has 0 amide bonds. The number of aromatic nitrogens is 1. The molecule has 0 saturated carbocycles. The summed E-state index contributed by atoms with van der Waals surface area (Å²) in [6, 6.07) is 9.62. The monoisotopic (exact) mass is 257 g/mol. The molecule has 2 aromatic rings. The Morgan fingerprint density at radius 3 is 2.89 bits per heavy atom. The van der Waals surface area contributed by atoms with Crippen LogP contribution in [0.25, 0.3) is 10.9 Å². The van der Waals surface area contributed by atoms with Gasteiger partial charge in [-0.05, 0) is 31.4 Å². The van der Waals surface area contributed by atoms with Crippen molar-refractivity contribution >= 4 is 10.9 Å². The Balaban J connectivity index is 1.85. The highest BCUT2D eigenvalue weighted by Gasteiger charge is 2.23. The van der Waals surface area contributed by atoms with E-state index in [1.54, 1.807) is 0 Å². The smallest absolute Gasteiger partial charge is 0.0481 e. The van der Waals surface area contributed by atoms with Gasteiger partial charge in [0.05, 0.1) is 0 Å². The fraction of sp³-hybridized carbons (Fsp3) is 0.500. The van der Waals surface area contributed by atoms with Crippen molar-refractivity contribution in [3.63, 3.8) is 0 Å². The summed E-state index contributed by atoms with van der Waals surface area (Å²) in [4.78, 5) is 2.56. The van der Waals surface area contributed by atoms with Crippen LogP contribution < -0.4 is 5.73 Å². The average Bonchev–Trinajstić information content (AvgIpc) is 2.71. The minimum Gasteiger partial charge on any atom is -0.350 e. The highest BCUT2D eigenvalue weighted by atomic mass is 15.2. The highest BCUT2D eigenvalue weighted by molar-refractivity contribution is 5.83. The van der Waals surface area contributed by atoms with Crippen molar-refractivity contribution in [2.24, 2.45) is 12.8 Å². The first kappa shape index (κ1) is 12.7. The van der Waals surface area contributed by atoms with Crippen molar-refractivity contribution in [3.8, 4) is 0 Å². The van der Waals surface area contributed by atoms with Crippen LogP contribution >= 0.6 is 0 Å². The molecule has 0 aliphatic carbocycles. The van der Waals surface area contributed by atoms with Gasteiger partial charge in [-0.3, -0.25) is 4.90 Å². The number of benzene rings is 1. The van der Waals surface area contributed by atoms with Crippen LogP contribution in [0.15, 0.2) is 30.5 Å². The molecule has 1 aromatic carbocycles. The van der Waals surface area contributed by atoms with E-state index < -0.39 is 0 Å². The molecule has 2 unspecified atom stereocenters. The van der Waals surface area contributed by atoms with E-state index in [0.717, 1.165) is 25.9 Å². The summed E-state index contributed by atoms with van der Waals surface area (Å²) in [7, 11) is 2.13. The molecule has 102 valence electrons. The van der Waals surface area contributed by atoms with Crippen molar-refractivity contribution in [1.82, 2.24) is 9.47 Å². The predicted molar refractivity (Wildman–Crippen MR) is 80.0 cm³/mol. The van der Waals surface area contributed by atoms with Gasteiger partial charge in [-0.15, -0.1) is 0 Å². The summed E-state index contributed by atoms with van der Waals surface area (Å²) in [6.45, 7) is 4.45. The number of para-hydroxylation sites is 1. The van der Waals surface area contributed by atoms with Crippen LogP contribution in [0, 0.1) is 0 Å². The fourth-order valence-corrected chi connectivity index (χ4v) is 3.26. The second-order valence-electron chi connectivity index (χ2n) is 5.89. The lowest BCUT2D eigenvalue weighted by atomic mass is 9.98. The van der Waals surface area contributed by atoms with E-state index in [2.05, 4.69) is 53.9 Å². The highest BCUT2D eigenvalue weighted by Crippen LogP contribution is 2.24. The third kappa shape index (κ3) is 2.40. The molecule has 0 spiro atoms. The zero-order valence-corrected chi connectivity index (χ0v) is 11.8. The molecule has 1 aromatic heterocycles. The number of hydrogen-bond donors (Lipinski definition) is 1. The molecule has 1 fully saturated rings. The van der Waals surface area contributed by atoms with Crippen LogP contribution in [-0.4, -0.2) is 28.1 Å². The first-order valence-electron chi connectivity index (χ1n) is 7.17. The van der Waals surface area contributed by atoms with Gasteiger partial charge in [-0.2, -0.15) is 0 Å². The minimum atomic E-state index is 0.388. The van der Waals surface area contributed by atoms with Gasteiger partial charge in [0.2, 0.25) is 0 Å². The summed E-state index contributed by atoms with van der Waals surface area (Å²) >= 11 is 0. The molecule has 0 radical (unpaired) electrons. The summed E-state index contributed by atoms with van der Waals surface area (Å²) < 4.78 is 2.23. The first-order valence-corrected chi connectivity index (χ1v) is 7.17. The number of nitrogens with zero attached hydrogens (tertiary/aromatic N) is 2. The Bertz CT molecular complexity index is 572. The minimum absolute atomic E-state index is 0.388. The number of piperidine rings is 1. The Labute approximate surface area is 115 Å². The van der Waals surface area contributed by atoms with Crippen LogP contribution in [0.1, 0.15) is 25.3 Å². The predicted octanol–water partition coefficient (Wildman–Crippen LogP) is 2.49. The molecule has 2 N–H and O–H groups in total. The molecular weight excluding hydrogens is 234 g/mol. The molecule has 2 heterocycles. The average molecular weight is 257 g/mol. The van der Waals surface area contributed by atoms with Crippen LogP contribution in [0.3, 0.4) is 0 Å². The molecule has 3 nitrogen and oxygen atoms in total. The van der Waals surface area contributed by atoms with Crippen molar-refractivity contribution in [2.75, 3.05) is 6.54 Å². The van der Waals surface area contributed by atoms with Crippen LogP contribution in [0.2, 0.25) is 0 Å². The number of likely N-dealkylation sites (tertiary alicyclic amines) is 1. The van der Waals surface area contributed by atoms with Gasteiger partial charge in [0, 0.05) is 49.3 Å². The number of hydrogen-bond acceptors (Lipinski definition) is 2. The largest absolute Gasteiger partial charge is 0.350 e. The lowest BCUT2D eigenvalue weighted by Gasteiger charge is -2.36. The number of aryl methyl sites for hydroxylation is 1. The zero-order valence-electron chi connectivity index (χ0n) is 11.8. The molecule has 3 heteroatoms. The Morgan fingerprint density at radius 1 is 1.32 bits per heavy atom. The van der Waals surface area contributed by atoms with Crippen molar-refractivity contribution in [3.05, 3.63) is 36.0 Å². The summed E-state index contributed by atoms with van der Waals surface area (Å²) in [5.41, 5.74) is 8.79.